The number of anilines is 1. The first kappa shape index (κ1) is 24.1. The Morgan fingerprint density at radius 2 is 1.74 bits per heavy atom. The maximum atomic E-state index is 12.4. The molecule has 1 aromatic heterocycles. The lowest BCUT2D eigenvalue weighted by Gasteiger charge is -2.24. The summed E-state index contributed by atoms with van der Waals surface area (Å²) in [5.74, 6) is -0.349. The van der Waals surface area contributed by atoms with Crippen LogP contribution in [0.15, 0.2) is 53.1 Å². The molecule has 3 rings (SSSR count). The minimum absolute atomic E-state index is 0.278. The van der Waals surface area contributed by atoms with Crippen LogP contribution in [-0.4, -0.2) is 38.4 Å². The van der Waals surface area contributed by atoms with Crippen molar-refractivity contribution in [2.24, 2.45) is 0 Å². The van der Waals surface area contributed by atoms with Gasteiger partial charge in [0.15, 0.2) is 10.6 Å². The van der Waals surface area contributed by atoms with Gasteiger partial charge in [-0.25, -0.2) is 0 Å². The van der Waals surface area contributed by atoms with Crippen LogP contribution in [0.4, 0.5) is 5.69 Å². The number of hydrogen-bond donors (Lipinski definition) is 2. The first-order valence-electron chi connectivity index (χ1n) is 8.72. The second-order valence-corrected chi connectivity index (χ2v) is 10.1. The van der Waals surface area contributed by atoms with Crippen LogP contribution < -0.4 is 4.90 Å². The van der Waals surface area contributed by atoms with Crippen LogP contribution in [0, 0.1) is 0 Å². The first-order valence-corrected chi connectivity index (χ1v) is 12.1. The molecule has 0 bridgehead atoms. The summed E-state index contributed by atoms with van der Waals surface area (Å²) in [4.78, 5) is 30.5. The van der Waals surface area contributed by atoms with Crippen LogP contribution in [-0.2, 0) is 9.36 Å². The standard InChI is InChI=1S/C19H15Cl4N2O5P/c20-13-5-2-6-14(21)17(13)15-10-16(30-24-15)11-3-1-4-12(9-11)25(19(26)18(22)23)7-8-31(27,28)29/h1-6,9-10,18H,7-8H2,(H2,27,28,29). The highest BCUT2D eigenvalue weighted by Gasteiger charge is 2.25. The van der Waals surface area contributed by atoms with Crippen molar-refractivity contribution in [3.8, 4) is 22.6 Å². The van der Waals surface area contributed by atoms with Crippen molar-refractivity contribution in [1.82, 2.24) is 5.16 Å². The highest BCUT2D eigenvalue weighted by Crippen LogP contribution is 2.37. The number of carbonyl (C=O) groups is 1. The highest BCUT2D eigenvalue weighted by atomic mass is 35.5. The number of rotatable bonds is 7. The molecule has 12 heteroatoms. The Balaban J connectivity index is 1.96. The molecule has 31 heavy (non-hydrogen) atoms. The molecule has 0 unspecified atom stereocenters. The molecule has 0 fully saturated rings. The molecule has 3 aromatic rings. The molecule has 0 aliphatic heterocycles. The largest absolute Gasteiger partial charge is 0.356 e. The number of hydrogen-bond acceptors (Lipinski definition) is 4. The van der Waals surface area contributed by atoms with Crippen molar-refractivity contribution in [2.75, 3.05) is 17.6 Å². The number of benzene rings is 2. The van der Waals surface area contributed by atoms with Crippen LogP contribution in [0.2, 0.25) is 10.0 Å². The van der Waals surface area contributed by atoms with Gasteiger partial charge in [0.1, 0.15) is 5.69 Å². The molecule has 0 saturated carbocycles. The third kappa shape index (κ3) is 6.02. The topological polar surface area (TPSA) is 104 Å². The first-order chi connectivity index (χ1) is 14.6. The average molecular weight is 524 g/mol. The van der Waals surface area contributed by atoms with Crippen molar-refractivity contribution in [2.45, 2.75) is 4.84 Å². The van der Waals surface area contributed by atoms with E-state index in [4.69, 9.17) is 50.9 Å². The fraction of sp³-hybridized carbons (Fsp3) is 0.158. The molecule has 0 spiro atoms. The second kappa shape index (κ2) is 9.92. The third-order valence-electron chi connectivity index (χ3n) is 4.24. The summed E-state index contributed by atoms with van der Waals surface area (Å²) in [6, 6.07) is 13.2. The van der Waals surface area contributed by atoms with Gasteiger partial charge in [0, 0.05) is 29.4 Å². The van der Waals surface area contributed by atoms with Crippen molar-refractivity contribution in [3.05, 3.63) is 58.6 Å². The zero-order valence-electron chi connectivity index (χ0n) is 15.6. The molecule has 2 N–H and O–H groups in total. The summed E-state index contributed by atoms with van der Waals surface area (Å²) in [6.07, 6.45) is -0.555. The van der Waals surface area contributed by atoms with Gasteiger partial charge in [0.25, 0.3) is 5.91 Å². The van der Waals surface area contributed by atoms with E-state index in [9.17, 15) is 19.1 Å². The summed E-state index contributed by atoms with van der Waals surface area (Å²) in [5, 5.41) is 4.84. The maximum absolute atomic E-state index is 12.4. The van der Waals surface area contributed by atoms with E-state index in [0.29, 0.717) is 38.3 Å². The molecule has 0 atom stereocenters. The summed E-state index contributed by atoms with van der Waals surface area (Å²) >= 11 is 23.9. The number of amides is 1. The van der Waals surface area contributed by atoms with Crippen molar-refractivity contribution < 1.29 is 23.7 Å². The van der Waals surface area contributed by atoms with E-state index in [2.05, 4.69) is 5.16 Å². The SMILES string of the molecule is O=C(C(Cl)Cl)N(CCP(=O)(O)O)c1cccc(-c2cc(-c3c(Cl)cccc3Cl)no2)c1. The average Bonchev–Trinajstić information content (AvgIpc) is 3.17. The smallest absolute Gasteiger partial charge is 0.327 e. The Morgan fingerprint density at radius 3 is 2.35 bits per heavy atom. The normalized spacial score (nSPS) is 11.7. The van der Waals surface area contributed by atoms with Crippen LogP contribution in [0.3, 0.4) is 0 Å². The molecular formula is C19H15Cl4N2O5P. The van der Waals surface area contributed by atoms with Crippen molar-refractivity contribution in [1.29, 1.82) is 0 Å². The minimum atomic E-state index is -4.35. The van der Waals surface area contributed by atoms with Crippen LogP contribution >= 0.6 is 54.0 Å². The van der Waals surface area contributed by atoms with Crippen molar-refractivity contribution >= 4 is 65.6 Å². The number of halogens is 4. The van der Waals surface area contributed by atoms with Gasteiger partial charge in [-0.05, 0) is 24.3 Å². The summed E-state index contributed by atoms with van der Waals surface area (Å²) < 4.78 is 16.7. The monoisotopic (exact) mass is 522 g/mol. The maximum Gasteiger partial charge on any atom is 0.327 e. The summed E-state index contributed by atoms with van der Waals surface area (Å²) in [6.45, 7) is -0.278. The summed E-state index contributed by atoms with van der Waals surface area (Å²) in [5.41, 5.74) is 1.82. The Kier molecular flexibility index (Phi) is 7.71. The zero-order valence-corrected chi connectivity index (χ0v) is 19.5. The van der Waals surface area contributed by atoms with Gasteiger partial charge in [0.2, 0.25) is 0 Å². The number of alkyl halides is 2. The molecule has 0 saturated heterocycles. The van der Waals surface area contributed by atoms with E-state index in [1.165, 1.54) is 0 Å². The molecular weight excluding hydrogens is 509 g/mol. The lowest BCUT2D eigenvalue weighted by atomic mass is 10.1. The van der Waals surface area contributed by atoms with Gasteiger partial charge in [-0.3, -0.25) is 9.36 Å². The molecule has 0 aliphatic rings. The predicted molar refractivity (Wildman–Crippen MR) is 122 cm³/mol. The molecule has 1 heterocycles. The Hall–Kier alpha value is -1.57. The van der Waals surface area contributed by atoms with Crippen LogP contribution in [0.5, 0.6) is 0 Å². The van der Waals surface area contributed by atoms with E-state index < -0.39 is 24.5 Å². The van der Waals surface area contributed by atoms with Crippen LogP contribution in [0.25, 0.3) is 22.6 Å². The molecule has 1 amide bonds. The molecule has 2 aromatic carbocycles. The van der Waals surface area contributed by atoms with Gasteiger partial charge in [0.05, 0.1) is 16.2 Å². The zero-order chi connectivity index (χ0) is 22.8. The molecule has 0 radical (unpaired) electrons. The highest BCUT2D eigenvalue weighted by molar-refractivity contribution is 7.51. The molecule has 7 nitrogen and oxygen atoms in total. The molecule has 164 valence electrons. The third-order valence-corrected chi connectivity index (χ3v) is 6.02. The Morgan fingerprint density at radius 1 is 1.10 bits per heavy atom. The predicted octanol–water partition coefficient (Wildman–Crippen LogP) is 5.63. The lowest BCUT2D eigenvalue weighted by Crippen LogP contribution is -2.37. The van der Waals surface area contributed by atoms with Gasteiger partial charge >= 0.3 is 7.60 Å². The van der Waals surface area contributed by atoms with Gasteiger partial charge < -0.3 is 19.2 Å². The van der Waals surface area contributed by atoms with Crippen LogP contribution in [0.1, 0.15) is 0 Å². The second-order valence-electron chi connectivity index (χ2n) is 6.40. The minimum Gasteiger partial charge on any atom is -0.356 e. The quantitative estimate of drug-likeness (QED) is 0.307. The summed E-state index contributed by atoms with van der Waals surface area (Å²) in [7, 11) is -4.35. The number of aromatic nitrogens is 1. The Bertz CT molecular complexity index is 1130. The fourth-order valence-electron chi connectivity index (χ4n) is 2.81. The Labute approximate surface area is 197 Å². The van der Waals surface area contributed by atoms with E-state index >= 15 is 0 Å². The van der Waals surface area contributed by atoms with E-state index in [1.54, 1.807) is 48.5 Å². The number of nitrogens with zero attached hydrogens (tertiary/aromatic N) is 2. The number of carbonyl (C=O) groups excluding carboxylic acids is 1. The van der Waals surface area contributed by atoms with Gasteiger partial charge in [-0.1, -0.05) is 69.8 Å². The lowest BCUT2D eigenvalue weighted by molar-refractivity contribution is -0.116. The van der Waals surface area contributed by atoms with E-state index in [-0.39, 0.29) is 6.54 Å². The van der Waals surface area contributed by atoms with E-state index in [1.807, 2.05) is 0 Å². The van der Waals surface area contributed by atoms with E-state index in [0.717, 1.165) is 4.90 Å². The molecule has 0 aliphatic carbocycles. The fourth-order valence-corrected chi connectivity index (χ4v) is 4.10. The van der Waals surface area contributed by atoms with Crippen molar-refractivity contribution in [3.63, 3.8) is 0 Å². The van der Waals surface area contributed by atoms with Gasteiger partial charge in [-0.15, -0.1) is 0 Å². The van der Waals surface area contributed by atoms with Gasteiger partial charge in [-0.2, -0.15) is 0 Å².